The minimum absolute atomic E-state index is 0.517. The van der Waals surface area contributed by atoms with Crippen molar-refractivity contribution in [3.63, 3.8) is 0 Å². The summed E-state index contributed by atoms with van der Waals surface area (Å²) in [5, 5.41) is 0. The number of allylic oxidation sites excluding steroid dienone is 2. The molecular formula is C13H22. The predicted molar refractivity (Wildman–Crippen MR) is 59.7 cm³/mol. The van der Waals surface area contributed by atoms with Crippen LogP contribution in [0.5, 0.6) is 0 Å². The van der Waals surface area contributed by atoms with Gasteiger partial charge in [-0.05, 0) is 31.6 Å². The summed E-state index contributed by atoms with van der Waals surface area (Å²) in [5.41, 5.74) is 2.68. The summed E-state index contributed by atoms with van der Waals surface area (Å²) in [6.45, 7) is 12.6. The molecule has 0 saturated heterocycles. The molecule has 1 rings (SSSR count). The smallest absolute Gasteiger partial charge is 0.00268 e. The molecule has 0 aromatic rings. The molecule has 0 spiro atoms. The van der Waals surface area contributed by atoms with Gasteiger partial charge in [0.05, 0.1) is 0 Å². The molecule has 0 aromatic heterocycles. The summed E-state index contributed by atoms with van der Waals surface area (Å²) in [6, 6.07) is 0. The first kappa shape index (κ1) is 10.6. The van der Waals surface area contributed by atoms with Crippen LogP contribution in [0.15, 0.2) is 24.3 Å². The fraction of sp³-hybridized carbons (Fsp3) is 0.692. The average Bonchev–Trinajstić information content (AvgIpc) is 2.17. The van der Waals surface area contributed by atoms with Crippen LogP contribution in [0, 0.1) is 11.8 Å². The van der Waals surface area contributed by atoms with Gasteiger partial charge in [0.25, 0.3) is 0 Å². The normalized spacial score (nSPS) is 21.1. The number of hydrogen-bond acceptors (Lipinski definition) is 0. The van der Waals surface area contributed by atoms with E-state index in [0.717, 1.165) is 5.92 Å². The molecular weight excluding hydrogens is 156 g/mol. The van der Waals surface area contributed by atoms with E-state index in [1.807, 2.05) is 0 Å². The Bertz CT molecular complexity index is 194. The molecule has 0 nitrogen and oxygen atoms in total. The third-order valence-electron chi connectivity index (χ3n) is 3.42. The van der Waals surface area contributed by atoms with E-state index in [-0.39, 0.29) is 0 Å². The number of hydrogen-bond donors (Lipinski definition) is 0. The molecule has 13 heavy (non-hydrogen) atoms. The van der Waals surface area contributed by atoms with E-state index >= 15 is 0 Å². The molecule has 1 unspecified atom stereocenters. The SMILES string of the molecule is C=C(C)C(C)C(=C)C1CCCCC1. The topological polar surface area (TPSA) is 0 Å². The van der Waals surface area contributed by atoms with Crippen molar-refractivity contribution >= 4 is 0 Å². The van der Waals surface area contributed by atoms with Crippen molar-refractivity contribution in [2.24, 2.45) is 11.8 Å². The molecule has 0 bridgehead atoms. The van der Waals surface area contributed by atoms with E-state index in [9.17, 15) is 0 Å². The van der Waals surface area contributed by atoms with E-state index in [2.05, 4.69) is 27.0 Å². The van der Waals surface area contributed by atoms with Crippen LogP contribution < -0.4 is 0 Å². The fourth-order valence-corrected chi connectivity index (χ4v) is 2.14. The molecule has 0 aliphatic heterocycles. The van der Waals surface area contributed by atoms with Crippen LogP contribution in [0.2, 0.25) is 0 Å². The van der Waals surface area contributed by atoms with Gasteiger partial charge in [0.2, 0.25) is 0 Å². The molecule has 1 saturated carbocycles. The van der Waals surface area contributed by atoms with Gasteiger partial charge in [0, 0.05) is 0 Å². The second-order valence-electron chi connectivity index (χ2n) is 4.48. The molecule has 0 N–H and O–H groups in total. The zero-order valence-electron chi connectivity index (χ0n) is 9.10. The minimum Gasteiger partial charge on any atom is -0.0995 e. The summed E-state index contributed by atoms with van der Waals surface area (Å²) in [5.74, 6) is 1.29. The van der Waals surface area contributed by atoms with Crippen molar-refractivity contribution in [1.29, 1.82) is 0 Å². The predicted octanol–water partition coefficient (Wildman–Crippen LogP) is 4.34. The molecule has 0 radical (unpaired) electrons. The van der Waals surface area contributed by atoms with Crippen LogP contribution in [-0.4, -0.2) is 0 Å². The van der Waals surface area contributed by atoms with E-state index in [1.165, 1.54) is 43.3 Å². The lowest BCUT2D eigenvalue weighted by Gasteiger charge is -2.27. The Morgan fingerprint density at radius 1 is 1.15 bits per heavy atom. The van der Waals surface area contributed by atoms with Gasteiger partial charge in [-0.1, -0.05) is 50.5 Å². The first-order chi connectivity index (χ1) is 6.13. The Kier molecular flexibility index (Phi) is 3.77. The van der Waals surface area contributed by atoms with Crippen molar-refractivity contribution in [1.82, 2.24) is 0 Å². The Morgan fingerprint density at radius 2 is 1.69 bits per heavy atom. The van der Waals surface area contributed by atoms with Gasteiger partial charge in [-0.15, -0.1) is 0 Å². The monoisotopic (exact) mass is 178 g/mol. The molecule has 1 fully saturated rings. The van der Waals surface area contributed by atoms with Gasteiger partial charge in [-0.2, -0.15) is 0 Å². The quantitative estimate of drug-likeness (QED) is 0.564. The van der Waals surface area contributed by atoms with Crippen LogP contribution in [0.1, 0.15) is 46.0 Å². The summed E-state index contributed by atoms with van der Waals surface area (Å²) in [4.78, 5) is 0. The molecule has 0 heterocycles. The van der Waals surface area contributed by atoms with Crippen molar-refractivity contribution in [3.8, 4) is 0 Å². The molecule has 0 amide bonds. The minimum atomic E-state index is 0.517. The molecule has 74 valence electrons. The van der Waals surface area contributed by atoms with Gasteiger partial charge in [0.1, 0.15) is 0 Å². The van der Waals surface area contributed by atoms with Crippen LogP contribution in [0.4, 0.5) is 0 Å². The molecule has 1 aliphatic rings. The van der Waals surface area contributed by atoms with E-state index in [4.69, 9.17) is 0 Å². The van der Waals surface area contributed by atoms with E-state index in [1.54, 1.807) is 0 Å². The maximum absolute atomic E-state index is 4.24. The third-order valence-corrected chi connectivity index (χ3v) is 3.42. The zero-order chi connectivity index (χ0) is 9.84. The average molecular weight is 178 g/mol. The highest BCUT2D eigenvalue weighted by atomic mass is 14.3. The Labute approximate surface area is 82.7 Å². The van der Waals surface area contributed by atoms with Gasteiger partial charge < -0.3 is 0 Å². The van der Waals surface area contributed by atoms with E-state index in [0.29, 0.717) is 5.92 Å². The lowest BCUT2D eigenvalue weighted by molar-refractivity contribution is 0.385. The van der Waals surface area contributed by atoms with Crippen molar-refractivity contribution in [2.75, 3.05) is 0 Å². The maximum Gasteiger partial charge on any atom is -0.00268 e. The summed E-state index contributed by atoms with van der Waals surface area (Å²) in [7, 11) is 0. The standard InChI is InChI=1S/C13H22/c1-10(2)11(3)12(4)13-8-6-5-7-9-13/h11,13H,1,4-9H2,2-3H3. The molecule has 1 atom stereocenters. The highest BCUT2D eigenvalue weighted by Crippen LogP contribution is 2.34. The van der Waals surface area contributed by atoms with Crippen molar-refractivity contribution in [3.05, 3.63) is 24.3 Å². The second-order valence-corrected chi connectivity index (χ2v) is 4.48. The number of rotatable bonds is 3. The highest BCUT2D eigenvalue weighted by Gasteiger charge is 2.20. The molecule has 0 heteroatoms. The zero-order valence-corrected chi connectivity index (χ0v) is 9.10. The second kappa shape index (κ2) is 4.64. The van der Waals surface area contributed by atoms with Gasteiger partial charge in [-0.25, -0.2) is 0 Å². The third kappa shape index (κ3) is 2.72. The first-order valence-corrected chi connectivity index (χ1v) is 5.47. The first-order valence-electron chi connectivity index (χ1n) is 5.47. The van der Waals surface area contributed by atoms with E-state index < -0.39 is 0 Å². The Morgan fingerprint density at radius 3 is 2.15 bits per heavy atom. The Balaban J connectivity index is 2.50. The van der Waals surface area contributed by atoms with Gasteiger partial charge in [-0.3, -0.25) is 0 Å². The lowest BCUT2D eigenvalue weighted by atomic mass is 9.78. The Hall–Kier alpha value is -0.520. The van der Waals surface area contributed by atoms with Gasteiger partial charge >= 0.3 is 0 Å². The van der Waals surface area contributed by atoms with Crippen LogP contribution >= 0.6 is 0 Å². The molecule has 0 aromatic carbocycles. The van der Waals surface area contributed by atoms with Crippen LogP contribution in [0.25, 0.3) is 0 Å². The fourth-order valence-electron chi connectivity index (χ4n) is 2.14. The van der Waals surface area contributed by atoms with Gasteiger partial charge in [0.15, 0.2) is 0 Å². The summed E-state index contributed by atoms with van der Waals surface area (Å²) in [6.07, 6.45) is 6.93. The van der Waals surface area contributed by atoms with Crippen molar-refractivity contribution < 1.29 is 0 Å². The van der Waals surface area contributed by atoms with Crippen LogP contribution in [0.3, 0.4) is 0 Å². The summed E-state index contributed by atoms with van der Waals surface area (Å²) >= 11 is 0. The lowest BCUT2D eigenvalue weighted by Crippen LogP contribution is -2.14. The largest absolute Gasteiger partial charge is 0.0995 e. The van der Waals surface area contributed by atoms with Crippen molar-refractivity contribution in [2.45, 2.75) is 46.0 Å². The summed E-state index contributed by atoms with van der Waals surface area (Å²) < 4.78 is 0. The maximum atomic E-state index is 4.24. The molecule has 1 aliphatic carbocycles. The van der Waals surface area contributed by atoms with Crippen LogP contribution in [-0.2, 0) is 0 Å². The highest BCUT2D eigenvalue weighted by molar-refractivity contribution is 5.16.